The van der Waals surface area contributed by atoms with Crippen molar-refractivity contribution in [1.29, 1.82) is 0 Å². The molecule has 1 unspecified atom stereocenters. The number of benzene rings is 1. The van der Waals surface area contributed by atoms with E-state index in [1.54, 1.807) is 35.4 Å². The zero-order chi connectivity index (χ0) is 16.2. The number of anilines is 1. The van der Waals surface area contributed by atoms with Crippen LogP contribution < -0.4 is 10.2 Å². The van der Waals surface area contributed by atoms with Crippen LogP contribution >= 0.6 is 0 Å². The Morgan fingerprint density at radius 3 is 2.70 bits per heavy atom. The van der Waals surface area contributed by atoms with E-state index in [1.165, 1.54) is 0 Å². The van der Waals surface area contributed by atoms with Gasteiger partial charge < -0.3 is 14.5 Å². The Balaban J connectivity index is 1.60. The first-order chi connectivity index (χ1) is 11.1. The van der Waals surface area contributed by atoms with Crippen LogP contribution in [-0.2, 0) is 11.2 Å². The van der Waals surface area contributed by atoms with Gasteiger partial charge in [-0.05, 0) is 43.3 Å². The van der Waals surface area contributed by atoms with Gasteiger partial charge in [-0.1, -0.05) is 0 Å². The molecule has 1 aromatic heterocycles. The Morgan fingerprint density at radius 1 is 1.30 bits per heavy atom. The third-order valence-corrected chi connectivity index (χ3v) is 3.67. The van der Waals surface area contributed by atoms with Gasteiger partial charge in [-0.2, -0.15) is 0 Å². The average molecular weight is 314 g/mol. The first-order valence-corrected chi connectivity index (χ1v) is 7.51. The number of carbonyl (C=O) groups is 2. The van der Waals surface area contributed by atoms with E-state index >= 15 is 0 Å². The summed E-state index contributed by atoms with van der Waals surface area (Å²) in [5.41, 5.74) is 1.28. The van der Waals surface area contributed by atoms with Crippen molar-refractivity contribution in [3.63, 3.8) is 0 Å². The molecule has 2 aromatic rings. The van der Waals surface area contributed by atoms with Gasteiger partial charge in [0.25, 0.3) is 5.91 Å². The first kappa shape index (κ1) is 15.1. The number of nitrogens with one attached hydrogen (secondary N) is 1. The van der Waals surface area contributed by atoms with E-state index in [1.807, 2.05) is 19.1 Å². The normalized spacial score (nSPS) is 15.3. The van der Waals surface area contributed by atoms with Gasteiger partial charge in [-0.3, -0.25) is 9.69 Å². The second kappa shape index (κ2) is 6.56. The van der Waals surface area contributed by atoms with Crippen molar-refractivity contribution in [2.24, 2.45) is 0 Å². The van der Waals surface area contributed by atoms with E-state index in [-0.39, 0.29) is 18.0 Å². The highest BCUT2D eigenvalue weighted by molar-refractivity contribution is 5.95. The van der Waals surface area contributed by atoms with E-state index in [2.05, 4.69) is 5.32 Å². The van der Waals surface area contributed by atoms with Crippen LogP contribution in [0.1, 0.15) is 23.0 Å². The molecule has 120 valence electrons. The topological polar surface area (TPSA) is 71.8 Å². The van der Waals surface area contributed by atoms with Crippen molar-refractivity contribution in [1.82, 2.24) is 5.32 Å². The van der Waals surface area contributed by atoms with Gasteiger partial charge >= 0.3 is 6.09 Å². The SMILES string of the molecule is CC(Cc1ccco1)NC(=O)c1ccc(N2CCOC2=O)cc1. The van der Waals surface area contributed by atoms with Gasteiger partial charge in [-0.25, -0.2) is 4.79 Å². The van der Waals surface area contributed by atoms with Crippen molar-refractivity contribution in [3.8, 4) is 0 Å². The summed E-state index contributed by atoms with van der Waals surface area (Å²) in [6, 6.07) is 10.6. The lowest BCUT2D eigenvalue weighted by atomic mass is 10.1. The summed E-state index contributed by atoms with van der Waals surface area (Å²) < 4.78 is 10.2. The molecule has 1 aliphatic rings. The minimum absolute atomic E-state index is 0.0399. The van der Waals surface area contributed by atoms with Crippen molar-refractivity contribution >= 4 is 17.7 Å². The molecule has 0 aliphatic carbocycles. The second-order valence-corrected chi connectivity index (χ2v) is 5.47. The van der Waals surface area contributed by atoms with Crippen LogP contribution in [0.15, 0.2) is 47.1 Å². The summed E-state index contributed by atoms with van der Waals surface area (Å²) in [6.45, 7) is 2.85. The molecule has 23 heavy (non-hydrogen) atoms. The third-order valence-electron chi connectivity index (χ3n) is 3.67. The summed E-state index contributed by atoms with van der Waals surface area (Å²) in [4.78, 5) is 25.3. The molecule has 0 bridgehead atoms. The molecule has 1 aromatic carbocycles. The molecule has 1 fully saturated rings. The number of furan rings is 1. The van der Waals surface area contributed by atoms with Crippen LogP contribution in [0.3, 0.4) is 0 Å². The number of carbonyl (C=O) groups excluding carboxylic acids is 2. The lowest BCUT2D eigenvalue weighted by Gasteiger charge is -2.15. The fraction of sp³-hybridized carbons (Fsp3) is 0.294. The maximum atomic E-state index is 12.2. The number of amides is 2. The summed E-state index contributed by atoms with van der Waals surface area (Å²) >= 11 is 0. The third kappa shape index (κ3) is 3.53. The number of nitrogens with zero attached hydrogens (tertiary/aromatic N) is 1. The van der Waals surface area contributed by atoms with Crippen LogP contribution in [-0.4, -0.2) is 31.2 Å². The Morgan fingerprint density at radius 2 is 2.09 bits per heavy atom. The quantitative estimate of drug-likeness (QED) is 0.921. The van der Waals surface area contributed by atoms with Gasteiger partial charge in [0.15, 0.2) is 0 Å². The molecular formula is C17H18N2O4. The molecule has 1 aliphatic heterocycles. The highest BCUT2D eigenvalue weighted by Gasteiger charge is 2.23. The van der Waals surface area contributed by atoms with Gasteiger partial charge in [-0.15, -0.1) is 0 Å². The van der Waals surface area contributed by atoms with E-state index in [0.29, 0.717) is 25.1 Å². The van der Waals surface area contributed by atoms with Gasteiger partial charge in [0, 0.05) is 23.7 Å². The fourth-order valence-corrected chi connectivity index (χ4v) is 2.51. The van der Waals surface area contributed by atoms with Gasteiger partial charge in [0.2, 0.25) is 0 Å². The number of rotatable bonds is 5. The number of hydrogen-bond acceptors (Lipinski definition) is 4. The standard InChI is InChI=1S/C17H18N2O4/c1-12(11-15-3-2-9-22-15)18-16(20)13-4-6-14(7-5-13)19-8-10-23-17(19)21/h2-7,9,12H,8,10-11H2,1H3,(H,18,20). The molecule has 1 N–H and O–H groups in total. The zero-order valence-electron chi connectivity index (χ0n) is 12.8. The minimum atomic E-state index is -0.353. The summed E-state index contributed by atoms with van der Waals surface area (Å²) in [7, 11) is 0. The first-order valence-electron chi connectivity index (χ1n) is 7.51. The Labute approximate surface area is 134 Å². The lowest BCUT2D eigenvalue weighted by Crippen LogP contribution is -2.34. The van der Waals surface area contributed by atoms with Gasteiger partial charge in [0.05, 0.1) is 12.8 Å². The van der Waals surface area contributed by atoms with Crippen LogP contribution in [0, 0.1) is 0 Å². The highest BCUT2D eigenvalue weighted by atomic mass is 16.6. The molecule has 1 atom stereocenters. The zero-order valence-corrected chi connectivity index (χ0v) is 12.8. The van der Waals surface area contributed by atoms with Gasteiger partial charge in [0.1, 0.15) is 12.4 Å². The van der Waals surface area contributed by atoms with Crippen molar-refractivity contribution < 1.29 is 18.7 Å². The van der Waals surface area contributed by atoms with Crippen LogP contribution in [0.25, 0.3) is 0 Å². The molecule has 0 spiro atoms. The molecule has 6 heteroatoms. The predicted molar refractivity (Wildman–Crippen MR) is 84.5 cm³/mol. The van der Waals surface area contributed by atoms with Crippen LogP contribution in [0.2, 0.25) is 0 Å². The van der Waals surface area contributed by atoms with Crippen molar-refractivity contribution in [3.05, 3.63) is 54.0 Å². The lowest BCUT2D eigenvalue weighted by molar-refractivity contribution is 0.0939. The molecular weight excluding hydrogens is 296 g/mol. The molecule has 0 saturated carbocycles. The highest BCUT2D eigenvalue weighted by Crippen LogP contribution is 2.19. The van der Waals surface area contributed by atoms with Crippen LogP contribution in [0.4, 0.5) is 10.5 Å². The summed E-state index contributed by atoms with van der Waals surface area (Å²) in [5.74, 6) is 0.681. The van der Waals surface area contributed by atoms with E-state index < -0.39 is 0 Å². The Kier molecular flexibility index (Phi) is 4.32. The molecule has 6 nitrogen and oxygen atoms in total. The Hall–Kier alpha value is -2.76. The fourth-order valence-electron chi connectivity index (χ4n) is 2.51. The number of hydrogen-bond donors (Lipinski definition) is 1. The van der Waals surface area contributed by atoms with Crippen molar-refractivity contribution in [2.75, 3.05) is 18.1 Å². The average Bonchev–Trinajstić information content (AvgIpc) is 3.19. The predicted octanol–water partition coefficient (Wildman–Crippen LogP) is 2.60. The Bertz CT molecular complexity index is 679. The van der Waals surface area contributed by atoms with Crippen LogP contribution in [0.5, 0.6) is 0 Å². The molecule has 2 amide bonds. The smallest absolute Gasteiger partial charge is 0.414 e. The molecule has 1 saturated heterocycles. The monoisotopic (exact) mass is 314 g/mol. The summed E-state index contributed by atoms with van der Waals surface area (Å²) in [5, 5.41) is 2.93. The number of ether oxygens (including phenoxy) is 1. The minimum Gasteiger partial charge on any atom is -0.469 e. The second-order valence-electron chi connectivity index (χ2n) is 5.47. The number of cyclic esters (lactones) is 1. The maximum absolute atomic E-state index is 12.2. The van der Waals surface area contributed by atoms with E-state index in [9.17, 15) is 9.59 Å². The maximum Gasteiger partial charge on any atom is 0.414 e. The summed E-state index contributed by atoms with van der Waals surface area (Å²) in [6.07, 6.45) is 1.90. The largest absolute Gasteiger partial charge is 0.469 e. The molecule has 3 rings (SSSR count). The van der Waals surface area contributed by atoms with Crippen molar-refractivity contribution in [2.45, 2.75) is 19.4 Å². The van der Waals surface area contributed by atoms with E-state index in [4.69, 9.17) is 9.15 Å². The van der Waals surface area contributed by atoms with E-state index in [0.717, 1.165) is 11.4 Å². The molecule has 0 radical (unpaired) electrons. The molecule has 2 heterocycles.